The van der Waals surface area contributed by atoms with Crippen molar-refractivity contribution in [3.63, 3.8) is 0 Å². The van der Waals surface area contributed by atoms with E-state index in [4.69, 9.17) is 33.0 Å². The van der Waals surface area contributed by atoms with Crippen molar-refractivity contribution in [2.75, 3.05) is 0 Å². The highest BCUT2D eigenvalue weighted by Crippen LogP contribution is 2.27. The normalized spacial score (nSPS) is 10.3. The topological polar surface area (TPSA) is 46.5 Å². The van der Waals surface area contributed by atoms with Gasteiger partial charge in [0, 0.05) is 19.2 Å². The molecule has 0 fully saturated rings. The van der Waals surface area contributed by atoms with Gasteiger partial charge >= 0.3 is 5.97 Å². The Bertz CT molecular complexity index is 639. The summed E-state index contributed by atoms with van der Waals surface area (Å²) in [6.07, 6.45) is 0. The summed E-state index contributed by atoms with van der Waals surface area (Å²) in [6, 6.07) is 10.1. The molecule has 0 amide bonds. The Morgan fingerprint density at radius 3 is 2.45 bits per heavy atom. The van der Waals surface area contributed by atoms with Gasteiger partial charge in [0.05, 0.1) is 0 Å². The summed E-state index contributed by atoms with van der Waals surface area (Å²) in [6.45, 7) is 0.110. The third kappa shape index (κ3) is 3.56. The molecule has 6 heteroatoms. The van der Waals surface area contributed by atoms with Crippen LogP contribution in [0.15, 0.2) is 36.4 Å². The first-order valence-electron chi connectivity index (χ1n) is 5.57. The van der Waals surface area contributed by atoms with Crippen LogP contribution in [0.5, 0.6) is 5.75 Å². The Kier molecular flexibility index (Phi) is 5.12. The predicted octanol–water partition coefficient (Wildman–Crippen LogP) is 4.88. The lowest BCUT2D eigenvalue weighted by atomic mass is 10.2. The van der Waals surface area contributed by atoms with Gasteiger partial charge in [0.1, 0.15) is 17.9 Å². The molecule has 0 spiro atoms. The van der Waals surface area contributed by atoms with Crippen molar-refractivity contribution in [1.82, 2.24) is 0 Å². The SMILES string of the molecule is O=C(O)c1cc(I)ccc1OCc1c(Cl)cccc1Cl. The summed E-state index contributed by atoms with van der Waals surface area (Å²) >= 11 is 14.1. The van der Waals surface area contributed by atoms with Gasteiger partial charge < -0.3 is 9.84 Å². The zero-order valence-electron chi connectivity index (χ0n) is 10.1. The molecule has 104 valence electrons. The zero-order chi connectivity index (χ0) is 14.7. The average molecular weight is 423 g/mol. The van der Waals surface area contributed by atoms with Crippen LogP contribution in [0.1, 0.15) is 15.9 Å². The molecule has 0 aromatic heterocycles. The molecule has 2 rings (SSSR count). The minimum Gasteiger partial charge on any atom is -0.488 e. The van der Waals surface area contributed by atoms with Gasteiger partial charge in [-0.25, -0.2) is 4.79 Å². The standard InChI is InChI=1S/C14H9Cl2IO3/c15-11-2-1-3-12(16)10(11)7-20-13-5-4-8(17)6-9(13)14(18)19/h1-6H,7H2,(H,18,19). The molecule has 20 heavy (non-hydrogen) atoms. The lowest BCUT2D eigenvalue weighted by Crippen LogP contribution is -2.04. The van der Waals surface area contributed by atoms with E-state index < -0.39 is 5.97 Å². The Labute approximate surface area is 139 Å². The quantitative estimate of drug-likeness (QED) is 0.714. The second-order valence-corrected chi connectivity index (χ2v) is 5.99. The zero-order valence-corrected chi connectivity index (χ0v) is 13.7. The Balaban J connectivity index is 2.25. The number of hydrogen-bond donors (Lipinski definition) is 1. The number of aromatic carboxylic acids is 1. The fraction of sp³-hybridized carbons (Fsp3) is 0.0714. The van der Waals surface area contributed by atoms with Crippen LogP contribution in [0, 0.1) is 3.57 Å². The Hall–Kier alpha value is -0.980. The lowest BCUT2D eigenvalue weighted by molar-refractivity contribution is 0.0691. The van der Waals surface area contributed by atoms with Crippen molar-refractivity contribution in [1.29, 1.82) is 0 Å². The molecule has 0 aliphatic rings. The molecule has 2 aromatic rings. The summed E-state index contributed by atoms with van der Waals surface area (Å²) in [7, 11) is 0. The van der Waals surface area contributed by atoms with Gasteiger partial charge in [0.2, 0.25) is 0 Å². The molecular weight excluding hydrogens is 414 g/mol. The van der Waals surface area contributed by atoms with Crippen LogP contribution in [-0.4, -0.2) is 11.1 Å². The van der Waals surface area contributed by atoms with Gasteiger partial charge in [-0.05, 0) is 52.9 Å². The summed E-state index contributed by atoms with van der Waals surface area (Å²) in [5, 5.41) is 10.1. The molecule has 3 nitrogen and oxygen atoms in total. The number of hydrogen-bond acceptors (Lipinski definition) is 2. The second-order valence-electron chi connectivity index (χ2n) is 3.93. The van der Waals surface area contributed by atoms with Crippen molar-refractivity contribution in [2.45, 2.75) is 6.61 Å². The van der Waals surface area contributed by atoms with E-state index >= 15 is 0 Å². The van der Waals surface area contributed by atoms with Crippen LogP contribution in [-0.2, 0) is 6.61 Å². The van der Waals surface area contributed by atoms with Crippen molar-refractivity contribution in [3.8, 4) is 5.75 Å². The van der Waals surface area contributed by atoms with Crippen molar-refractivity contribution in [3.05, 3.63) is 61.1 Å². The predicted molar refractivity (Wildman–Crippen MR) is 86.9 cm³/mol. The molecule has 0 saturated carbocycles. The minimum absolute atomic E-state index is 0.110. The van der Waals surface area contributed by atoms with E-state index in [-0.39, 0.29) is 17.9 Å². The van der Waals surface area contributed by atoms with Gasteiger partial charge in [-0.15, -0.1) is 0 Å². The van der Waals surface area contributed by atoms with Gasteiger partial charge in [-0.3, -0.25) is 0 Å². The maximum atomic E-state index is 11.2. The molecule has 0 bridgehead atoms. The minimum atomic E-state index is -1.04. The monoisotopic (exact) mass is 422 g/mol. The first-order valence-corrected chi connectivity index (χ1v) is 7.41. The number of ether oxygens (including phenoxy) is 1. The highest BCUT2D eigenvalue weighted by Gasteiger charge is 2.13. The summed E-state index contributed by atoms with van der Waals surface area (Å²) in [5.41, 5.74) is 0.741. The highest BCUT2D eigenvalue weighted by molar-refractivity contribution is 14.1. The number of halogens is 3. The Morgan fingerprint density at radius 1 is 1.20 bits per heavy atom. The molecule has 1 N–H and O–H groups in total. The second kappa shape index (κ2) is 6.65. The van der Waals surface area contributed by atoms with E-state index in [1.54, 1.807) is 36.4 Å². The van der Waals surface area contributed by atoms with Gasteiger partial charge in [0.25, 0.3) is 0 Å². The molecule has 0 radical (unpaired) electrons. The van der Waals surface area contributed by atoms with Crippen molar-refractivity contribution < 1.29 is 14.6 Å². The van der Waals surface area contributed by atoms with Crippen LogP contribution in [0.25, 0.3) is 0 Å². The van der Waals surface area contributed by atoms with E-state index in [2.05, 4.69) is 0 Å². The average Bonchev–Trinajstić information content (AvgIpc) is 2.39. The van der Waals surface area contributed by atoms with Gasteiger partial charge in [-0.1, -0.05) is 29.3 Å². The van der Waals surface area contributed by atoms with E-state index in [0.29, 0.717) is 15.6 Å². The van der Waals surface area contributed by atoms with Gasteiger partial charge in [-0.2, -0.15) is 0 Å². The van der Waals surface area contributed by atoms with Crippen LogP contribution in [0.3, 0.4) is 0 Å². The molecule has 0 saturated heterocycles. The van der Waals surface area contributed by atoms with Crippen LogP contribution in [0.2, 0.25) is 10.0 Å². The molecular formula is C14H9Cl2IO3. The van der Waals surface area contributed by atoms with E-state index in [9.17, 15) is 4.79 Å². The van der Waals surface area contributed by atoms with E-state index in [1.807, 2.05) is 22.6 Å². The first kappa shape index (κ1) is 15.4. The van der Waals surface area contributed by atoms with Crippen LogP contribution < -0.4 is 4.74 Å². The van der Waals surface area contributed by atoms with E-state index in [1.165, 1.54) is 0 Å². The number of carboxylic acids is 1. The lowest BCUT2D eigenvalue weighted by Gasteiger charge is -2.11. The fourth-order valence-electron chi connectivity index (χ4n) is 1.62. The Morgan fingerprint density at radius 2 is 1.85 bits per heavy atom. The summed E-state index contributed by atoms with van der Waals surface area (Å²) in [4.78, 5) is 11.2. The number of carboxylic acid groups (broad SMARTS) is 1. The molecule has 0 heterocycles. The molecule has 0 aliphatic heterocycles. The van der Waals surface area contributed by atoms with Gasteiger partial charge in [0.15, 0.2) is 0 Å². The molecule has 2 aromatic carbocycles. The number of carbonyl (C=O) groups is 1. The number of benzene rings is 2. The summed E-state index contributed by atoms with van der Waals surface area (Å²) < 4.78 is 6.37. The number of rotatable bonds is 4. The smallest absolute Gasteiger partial charge is 0.339 e. The van der Waals surface area contributed by atoms with Crippen molar-refractivity contribution >= 4 is 51.8 Å². The molecule has 0 aliphatic carbocycles. The maximum Gasteiger partial charge on any atom is 0.339 e. The van der Waals surface area contributed by atoms with Crippen molar-refractivity contribution in [2.24, 2.45) is 0 Å². The van der Waals surface area contributed by atoms with E-state index in [0.717, 1.165) is 3.57 Å². The fourth-order valence-corrected chi connectivity index (χ4v) is 2.61. The summed E-state index contributed by atoms with van der Waals surface area (Å²) in [5.74, 6) is -0.752. The third-order valence-corrected chi connectivity index (χ3v) is 3.98. The molecule has 0 unspecified atom stereocenters. The van der Waals surface area contributed by atoms with Crippen LogP contribution >= 0.6 is 45.8 Å². The molecule has 0 atom stereocenters. The third-order valence-electron chi connectivity index (χ3n) is 2.61. The first-order chi connectivity index (χ1) is 9.49. The largest absolute Gasteiger partial charge is 0.488 e. The highest BCUT2D eigenvalue weighted by atomic mass is 127. The van der Waals surface area contributed by atoms with Crippen LogP contribution in [0.4, 0.5) is 0 Å². The maximum absolute atomic E-state index is 11.2.